The van der Waals surface area contributed by atoms with Gasteiger partial charge < -0.3 is 11.1 Å². The highest BCUT2D eigenvalue weighted by Gasteiger charge is 2.06. The van der Waals surface area contributed by atoms with Crippen molar-refractivity contribution in [2.24, 2.45) is 0 Å². The van der Waals surface area contributed by atoms with Gasteiger partial charge in [0.1, 0.15) is 0 Å². The van der Waals surface area contributed by atoms with Gasteiger partial charge in [0, 0.05) is 22.3 Å². The highest BCUT2D eigenvalue weighted by molar-refractivity contribution is 7.14. The minimum atomic E-state index is 0.749. The summed E-state index contributed by atoms with van der Waals surface area (Å²) in [6.07, 6.45) is 0. The molecule has 1 aromatic heterocycles. The van der Waals surface area contributed by atoms with Crippen LogP contribution in [-0.4, -0.2) is 4.98 Å². The zero-order valence-electron chi connectivity index (χ0n) is 12.1. The van der Waals surface area contributed by atoms with Gasteiger partial charge in [-0.1, -0.05) is 35.9 Å². The summed E-state index contributed by atoms with van der Waals surface area (Å²) in [7, 11) is 0. The lowest BCUT2D eigenvalue weighted by molar-refractivity contribution is 1.36. The van der Waals surface area contributed by atoms with Gasteiger partial charge in [-0.05, 0) is 31.5 Å². The minimum absolute atomic E-state index is 0.749. The number of hydrogen-bond acceptors (Lipinski definition) is 4. The molecule has 0 aliphatic carbocycles. The summed E-state index contributed by atoms with van der Waals surface area (Å²) in [5.74, 6) is 0. The largest absolute Gasteiger partial charge is 0.399 e. The number of aryl methyl sites for hydroxylation is 2. The summed E-state index contributed by atoms with van der Waals surface area (Å²) in [4.78, 5) is 4.64. The lowest BCUT2D eigenvalue weighted by Crippen LogP contribution is -1.94. The summed E-state index contributed by atoms with van der Waals surface area (Å²) in [5, 5.41) is 6.28. The Morgan fingerprint density at radius 2 is 1.81 bits per heavy atom. The van der Waals surface area contributed by atoms with E-state index in [1.165, 1.54) is 5.56 Å². The monoisotopic (exact) mass is 295 g/mol. The number of benzene rings is 2. The Morgan fingerprint density at radius 3 is 2.57 bits per heavy atom. The molecule has 0 unspecified atom stereocenters. The molecule has 0 amide bonds. The third-order valence-corrected chi connectivity index (χ3v) is 4.11. The van der Waals surface area contributed by atoms with Crippen LogP contribution < -0.4 is 11.1 Å². The maximum atomic E-state index is 5.83. The number of rotatable bonds is 3. The molecule has 3 rings (SSSR count). The number of anilines is 3. The van der Waals surface area contributed by atoms with E-state index in [-0.39, 0.29) is 0 Å². The summed E-state index contributed by atoms with van der Waals surface area (Å²) in [6.45, 7) is 4.14. The van der Waals surface area contributed by atoms with Gasteiger partial charge in [-0.15, -0.1) is 11.3 Å². The van der Waals surface area contributed by atoms with E-state index in [0.29, 0.717) is 0 Å². The first-order valence-electron chi connectivity index (χ1n) is 6.77. The van der Waals surface area contributed by atoms with E-state index in [2.05, 4.69) is 53.8 Å². The van der Waals surface area contributed by atoms with Crippen molar-refractivity contribution >= 4 is 27.8 Å². The van der Waals surface area contributed by atoms with Crippen LogP contribution in [0.5, 0.6) is 0 Å². The van der Waals surface area contributed by atoms with E-state index in [9.17, 15) is 0 Å². The van der Waals surface area contributed by atoms with E-state index in [4.69, 9.17) is 5.73 Å². The summed E-state index contributed by atoms with van der Waals surface area (Å²) in [5.41, 5.74) is 12.1. The minimum Gasteiger partial charge on any atom is -0.399 e. The number of nitrogen functional groups attached to an aromatic ring is 1. The standard InChI is InChI=1S/C17H17N3S/c1-11-3-6-13(7-4-11)16-10-21-17(20-16)19-15-9-14(18)8-5-12(15)2/h3-10H,18H2,1-2H3,(H,19,20). The third-order valence-electron chi connectivity index (χ3n) is 3.35. The van der Waals surface area contributed by atoms with Crippen molar-refractivity contribution in [2.75, 3.05) is 11.1 Å². The van der Waals surface area contributed by atoms with Crippen molar-refractivity contribution in [1.29, 1.82) is 0 Å². The molecule has 0 saturated heterocycles. The van der Waals surface area contributed by atoms with Crippen LogP contribution in [0, 0.1) is 13.8 Å². The zero-order valence-corrected chi connectivity index (χ0v) is 12.9. The molecule has 0 saturated carbocycles. The molecule has 0 radical (unpaired) electrons. The SMILES string of the molecule is Cc1ccc(-c2csc(Nc3cc(N)ccc3C)n2)cc1. The molecule has 0 fully saturated rings. The first kappa shape index (κ1) is 13.6. The van der Waals surface area contributed by atoms with Crippen LogP contribution in [0.15, 0.2) is 47.8 Å². The van der Waals surface area contributed by atoms with Gasteiger partial charge in [-0.3, -0.25) is 0 Å². The maximum absolute atomic E-state index is 5.83. The fourth-order valence-corrected chi connectivity index (χ4v) is 2.81. The molecular weight excluding hydrogens is 278 g/mol. The fraction of sp³-hybridized carbons (Fsp3) is 0.118. The maximum Gasteiger partial charge on any atom is 0.187 e. The summed E-state index contributed by atoms with van der Waals surface area (Å²) < 4.78 is 0. The van der Waals surface area contributed by atoms with Crippen molar-refractivity contribution in [3.63, 3.8) is 0 Å². The van der Waals surface area contributed by atoms with E-state index in [1.54, 1.807) is 11.3 Å². The van der Waals surface area contributed by atoms with Crippen molar-refractivity contribution < 1.29 is 0 Å². The predicted octanol–water partition coefficient (Wildman–Crippen LogP) is 4.75. The Hall–Kier alpha value is -2.33. The normalized spacial score (nSPS) is 10.6. The van der Waals surface area contributed by atoms with E-state index in [1.807, 2.05) is 18.2 Å². The lowest BCUT2D eigenvalue weighted by Gasteiger charge is -2.07. The first-order chi connectivity index (χ1) is 10.1. The molecule has 2 aromatic carbocycles. The predicted molar refractivity (Wildman–Crippen MR) is 91.2 cm³/mol. The Bertz CT molecular complexity index is 760. The second-order valence-corrected chi connectivity index (χ2v) is 5.96. The van der Waals surface area contributed by atoms with E-state index < -0.39 is 0 Å². The van der Waals surface area contributed by atoms with Gasteiger partial charge in [0.15, 0.2) is 5.13 Å². The van der Waals surface area contributed by atoms with Crippen molar-refractivity contribution in [1.82, 2.24) is 4.98 Å². The molecule has 4 heteroatoms. The van der Waals surface area contributed by atoms with Crippen molar-refractivity contribution in [3.05, 3.63) is 59.0 Å². The van der Waals surface area contributed by atoms with Gasteiger partial charge in [-0.2, -0.15) is 0 Å². The van der Waals surface area contributed by atoms with Crippen molar-refractivity contribution in [2.45, 2.75) is 13.8 Å². The molecule has 0 aliphatic rings. The second kappa shape index (κ2) is 5.58. The Morgan fingerprint density at radius 1 is 1.05 bits per heavy atom. The summed E-state index contributed by atoms with van der Waals surface area (Å²) >= 11 is 1.59. The van der Waals surface area contributed by atoms with E-state index >= 15 is 0 Å². The molecule has 3 nitrogen and oxygen atoms in total. The number of aromatic nitrogens is 1. The number of hydrogen-bond donors (Lipinski definition) is 2. The van der Waals surface area contributed by atoms with Gasteiger partial charge in [0.25, 0.3) is 0 Å². The molecule has 3 N–H and O–H groups in total. The van der Waals surface area contributed by atoms with E-state index in [0.717, 1.165) is 33.3 Å². The van der Waals surface area contributed by atoms with Gasteiger partial charge in [0.2, 0.25) is 0 Å². The van der Waals surface area contributed by atoms with Crippen LogP contribution >= 0.6 is 11.3 Å². The van der Waals surface area contributed by atoms with Crippen LogP contribution in [0.3, 0.4) is 0 Å². The molecule has 0 spiro atoms. The molecule has 106 valence electrons. The second-order valence-electron chi connectivity index (χ2n) is 5.10. The van der Waals surface area contributed by atoms with Crippen LogP contribution in [-0.2, 0) is 0 Å². The van der Waals surface area contributed by atoms with Crippen LogP contribution in [0.1, 0.15) is 11.1 Å². The topological polar surface area (TPSA) is 50.9 Å². The lowest BCUT2D eigenvalue weighted by atomic mass is 10.1. The van der Waals surface area contributed by atoms with Gasteiger partial charge in [-0.25, -0.2) is 4.98 Å². The molecule has 21 heavy (non-hydrogen) atoms. The summed E-state index contributed by atoms with van der Waals surface area (Å²) in [6, 6.07) is 14.2. The number of thiazole rings is 1. The van der Waals surface area contributed by atoms with Gasteiger partial charge >= 0.3 is 0 Å². The smallest absolute Gasteiger partial charge is 0.187 e. The zero-order chi connectivity index (χ0) is 14.8. The number of nitrogens with one attached hydrogen (secondary N) is 1. The molecule has 0 atom stereocenters. The first-order valence-corrected chi connectivity index (χ1v) is 7.65. The number of nitrogens with two attached hydrogens (primary N) is 1. The Kier molecular flexibility index (Phi) is 3.62. The fourth-order valence-electron chi connectivity index (χ4n) is 2.08. The Balaban J connectivity index is 1.85. The Labute approximate surface area is 128 Å². The average Bonchev–Trinajstić information content (AvgIpc) is 2.92. The average molecular weight is 295 g/mol. The quantitative estimate of drug-likeness (QED) is 0.685. The van der Waals surface area contributed by atoms with Crippen LogP contribution in [0.25, 0.3) is 11.3 Å². The molecule has 0 aliphatic heterocycles. The van der Waals surface area contributed by atoms with Crippen LogP contribution in [0.2, 0.25) is 0 Å². The highest BCUT2D eigenvalue weighted by atomic mass is 32.1. The molecular formula is C17H17N3S. The molecule has 0 bridgehead atoms. The van der Waals surface area contributed by atoms with Gasteiger partial charge in [0.05, 0.1) is 5.69 Å². The molecule has 3 aromatic rings. The van der Waals surface area contributed by atoms with Crippen molar-refractivity contribution in [3.8, 4) is 11.3 Å². The third kappa shape index (κ3) is 3.06. The number of nitrogens with zero attached hydrogens (tertiary/aromatic N) is 1. The van der Waals surface area contributed by atoms with Crippen LogP contribution in [0.4, 0.5) is 16.5 Å². The molecule has 1 heterocycles. The highest BCUT2D eigenvalue weighted by Crippen LogP contribution is 2.29.